The van der Waals surface area contributed by atoms with Gasteiger partial charge in [0.2, 0.25) is 0 Å². The molecule has 0 bridgehead atoms. The Bertz CT molecular complexity index is 492. The fourth-order valence-corrected chi connectivity index (χ4v) is 1.61. The largest absolute Gasteiger partial charge is 0.466 e. The van der Waals surface area contributed by atoms with Crippen LogP contribution in [0.1, 0.15) is 35.6 Å². The molecule has 0 aromatic heterocycles. The molecule has 1 aromatic carbocycles. The van der Waals surface area contributed by atoms with Gasteiger partial charge in [0.1, 0.15) is 0 Å². The van der Waals surface area contributed by atoms with Crippen LogP contribution in [0.15, 0.2) is 12.1 Å². The van der Waals surface area contributed by atoms with Gasteiger partial charge in [0, 0.05) is 5.56 Å². The minimum Gasteiger partial charge on any atom is -0.466 e. The number of hydrogen-bond donors (Lipinski definition) is 0. The number of benzene rings is 1. The highest BCUT2D eigenvalue weighted by Crippen LogP contribution is 2.26. The predicted molar refractivity (Wildman–Crippen MR) is 61.2 cm³/mol. The molecule has 0 heterocycles. The quantitative estimate of drug-likeness (QED) is 0.775. The molecular weight excluding hydrogens is 240 g/mol. The highest BCUT2D eigenvalue weighted by atomic mass is 19.3. The number of esters is 1. The fourth-order valence-electron chi connectivity index (χ4n) is 1.61. The van der Waals surface area contributed by atoms with Gasteiger partial charge in [0.05, 0.1) is 24.7 Å². The maximum atomic E-state index is 12.7. The summed E-state index contributed by atoms with van der Waals surface area (Å²) >= 11 is 0. The van der Waals surface area contributed by atoms with Gasteiger partial charge in [0.15, 0.2) is 0 Å². The third-order valence-corrected chi connectivity index (χ3v) is 2.50. The number of carbonyl (C=O) groups excluding carboxylic acids is 1. The lowest BCUT2D eigenvalue weighted by atomic mass is 9.98. The van der Waals surface area contributed by atoms with Gasteiger partial charge in [-0.25, -0.2) is 8.78 Å². The Hall–Kier alpha value is -1.96. The maximum Gasteiger partial charge on any atom is 0.310 e. The average molecular weight is 253 g/mol. The fraction of sp³-hybridized carbons (Fsp3) is 0.385. The molecule has 0 spiro atoms. The summed E-state index contributed by atoms with van der Waals surface area (Å²) < 4.78 is 30.1. The first-order valence-corrected chi connectivity index (χ1v) is 5.46. The van der Waals surface area contributed by atoms with Crippen LogP contribution in [0.25, 0.3) is 0 Å². The van der Waals surface area contributed by atoms with E-state index >= 15 is 0 Å². The van der Waals surface area contributed by atoms with Crippen molar-refractivity contribution in [3.8, 4) is 6.07 Å². The van der Waals surface area contributed by atoms with E-state index in [0.717, 1.165) is 0 Å². The number of alkyl halides is 2. The zero-order valence-corrected chi connectivity index (χ0v) is 10.2. The van der Waals surface area contributed by atoms with Crippen molar-refractivity contribution in [2.45, 2.75) is 26.7 Å². The second-order valence-electron chi connectivity index (χ2n) is 3.76. The van der Waals surface area contributed by atoms with E-state index in [-0.39, 0.29) is 24.2 Å². The molecule has 1 aromatic rings. The van der Waals surface area contributed by atoms with Gasteiger partial charge in [-0.15, -0.1) is 0 Å². The summed E-state index contributed by atoms with van der Waals surface area (Å²) in [7, 11) is 0. The van der Waals surface area contributed by atoms with Gasteiger partial charge in [0.25, 0.3) is 6.43 Å². The Kier molecular flexibility index (Phi) is 4.78. The first-order valence-electron chi connectivity index (χ1n) is 5.46. The van der Waals surface area contributed by atoms with Gasteiger partial charge in [-0.3, -0.25) is 4.79 Å². The molecule has 0 saturated heterocycles. The molecule has 0 aliphatic carbocycles. The van der Waals surface area contributed by atoms with Crippen LogP contribution in [0, 0.1) is 18.3 Å². The Balaban J connectivity index is 3.09. The molecule has 0 amide bonds. The third kappa shape index (κ3) is 3.27. The SMILES string of the molecule is CCOC(=O)Cc1cc(C#N)c(C(F)F)cc1C. The van der Waals surface area contributed by atoms with Gasteiger partial charge in [-0.05, 0) is 37.1 Å². The summed E-state index contributed by atoms with van der Waals surface area (Å²) in [6.45, 7) is 3.57. The molecule has 0 radical (unpaired) electrons. The van der Waals surface area contributed by atoms with Crippen molar-refractivity contribution >= 4 is 5.97 Å². The summed E-state index contributed by atoms with van der Waals surface area (Å²) in [5.74, 6) is -0.436. The molecule has 5 heteroatoms. The van der Waals surface area contributed by atoms with Crippen molar-refractivity contribution in [3.63, 3.8) is 0 Å². The molecule has 96 valence electrons. The molecule has 18 heavy (non-hydrogen) atoms. The van der Waals surface area contributed by atoms with Crippen LogP contribution in [0.5, 0.6) is 0 Å². The van der Waals surface area contributed by atoms with E-state index in [9.17, 15) is 13.6 Å². The molecular formula is C13H13F2NO2. The smallest absolute Gasteiger partial charge is 0.310 e. The summed E-state index contributed by atoms with van der Waals surface area (Å²) in [5, 5.41) is 8.82. The lowest BCUT2D eigenvalue weighted by molar-refractivity contribution is -0.142. The second kappa shape index (κ2) is 6.10. The van der Waals surface area contributed by atoms with Crippen LogP contribution in [0.2, 0.25) is 0 Å². The third-order valence-electron chi connectivity index (χ3n) is 2.50. The Labute approximate surface area is 104 Å². The topological polar surface area (TPSA) is 50.1 Å². The van der Waals surface area contributed by atoms with Crippen molar-refractivity contribution in [2.24, 2.45) is 0 Å². The van der Waals surface area contributed by atoms with E-state index in [1.807, 2.05) is 0 Å². The van der Waals surface area contributed by atoms with E-state index in [4.69, 9.17) is 10.00 Å². The van der Waals surface area contributed by atoms with Gasteiger partial charge in [-0.1, -0.05) is 0 Å². The number of ether oxygens (including phenoxy) is 1. The van der Waals surface area contributed by atoms with Gasteiger partial charge in [-0.2, -0.15) is 5.26 Å². The minimum absolute atomic E-state index is 0.0160. The van der Waals surface area contributed by atoms with Crippen molar-refractivity contribution in [1.29, 1.82) is 5.26 Å². The first kappa shape index (κ1) is 14.1. The normalized spacial score (nSPS) is 10.2. The molecule has 0 N–H and O–H groups in total. The summed E-state index contributed by atoms with van der Waals surface area (Å²) in [5.41, 5.74) is 0.685. The van der Waals surface area contributed by atoms with Crippen molar-refractivity contribution in [2.75, 3.05) is 6.61 Å². The van der Waals surface area contributed by atoms with Crippen LogP contribution < -0.4 is 0 Å². The van der Waals surface area contributed by atoms with Crippen LogP contribution in [-0.4, -0.2) is 12.6 Å². The average Bonchev–Trinajstić information content (AvgIpc) is 2.31. The van der Waals surface area contributed by atoms with Crippen LogP contribution in [0.3, 0.4) is 0 Å². The number of nitrogens with zero attached hydrogens (tertiary/aromatic N) is 1. The van der Waals surface area contributed by atoms with E-state index in [1.165, 1.54) is 12.1 Å². The Morgan fingerprint density at radius 1 is 1.50 bits per heavy atom. The molecule has 1 rings (SSSR count). The van der Waals surface area contributed by atoms with Crippen molar-refractivity contribution in [1.82, 2.24) is 0 Å². The van der Waals surface area contributed by atoms with E-state index in [1.54, 1.807) is 19.9 Å². The standard InChI is InChI=1S/C13H13F2NO2/c1-3-18-12(17)6-9-5-10(7-16)11(13(14)15)4-8(9)2/h4-5,13H,3,6H2,1-2H3. The number of halogens is 2. The van der Waals surface area contributed by atoms with E-state index in [2.05, 4.69) is 0 Å². The van der Waals surface area contributed by atoms with Crippen LogP contribution >= 0.6 is 0 Å². The van der Waals surface area contributed by atoms with Gasteiger partial charge >= 0.3 is 5.97 Å². The molecule has 3 nitrogen and oxygen atoms in total. The summed E-state index contributed by atoms with van der Waals surface area (Å²) in [6, 6.07) is 4.29. The highest BCUT2D eigenvalue weighted by molar-refractivity contribution is 5.73. The maximum absolute atomic E-state index is 12.7. The van der Waals surface area contributed by atoms with E-state index in [0.29, 0.717) is 11.1 Å². The predicted octanol–water partition coefficient (Wildman–Crippen LogP) is 2.91. The number of carbonyl (C=O) groups is 1. The first-order chi connectivity index (χ1) is 8.49. The van der Waals surface area contributed by atoms with Crippen LogP contribution in [-0.2, 0) is 16.0 Å². The van der Waals surface area contributed by atoms with Crippen molar-refractivity contribution < 1.29 is 18.3 Å². The molecule has 0 unspecified atom stereocenters. The zero-order valence-electron chi connectivity index (χ0n) is 10.2. The minimum atomic E-state index is -2.70. The second-order valence-corrected chi connectivity index (χ2v) is 3.76. The number of hydrogen-bond acceptors (Lipinski definition) is 3. The molecule has 0 atom stereocenters. The molecule has 0 saturated carbocycles. The summed E-state index contributed by atoms with van der Waals surface area (Å²) in [6.07, 6.45) is -2.72. The number of aryl methyl sites for hydroxylation is 1. The zero-order chi connectivity index (χ0) is 13.7. The van der Waals surface area contributed by atoms with Crippen molar-refractivity contribution in [3.05, 3.63) is 34.4 Å². The van der Waals surface area contributed by atoms with E-state index < -0.39 is 12.4 Å². The Morgan fingerprint density at radius 3 is 2.67 bits per heavy atom. The number of rotatable bonds is 4. The van der Waals surface area contributed by atoms with Crippen LogP contribution in [0.4, 0.5) is 8.78 Å². The summed E-state index contributed by atoms with van der Waals surface area (Å²) in [4.78, 5) is 11.3. The lowest BCUT2D eigenvalue weighted by Crippen LogP contribution is -2.09. The highest BCUT2D eigenvalue weighted by Gasteiger charge is 2.16. The lowest BCUT2D eigenvalue weighted by Gasteiger charge is -2.10. The van der Waals surface area contributed by atoms with Gasteiger partial charge < -0.3 is 4.74 Å². The molecule has 0 aliphatic heterocycles. The number of nitriles is 1. The molecule has 0 fully saturated rings. The monoisotopic (exact) mass is 253 g/mol. The molecule has 0 aliphatic rings. The Morgan fingerprint density at radius 2 is 2.17 bits per heavy atom.